The molecule has 0 bridgehead atoms. The molecule has 3 amide bonds. The number of anilines is 1. The molecule has 4 aromatic carbocycles. The standard InChI is InChI=1S/C35H35N2O4Si/c1-23-21-22-30(36(25(3)38)37-33(39)28-19-13-14-20-29(28)34(37)40)24(2)31(23)32(35(4,5)6)41-42(26-15-9-7-10-16-26)27-17-11-8-12-18-27/h7-22,32H,1-6H3. The van der Waals surface area contributed by atoms with Crippen LogP contribution < -0.4 is 15.4 Å². The van der Waals surface area contributed by atoms with Gasteiger partial charge < -0.3 is 4.43 Å². The first kappa shape index (κ1) is 29.2. The Kier molecular flexibility index (Phi) is 7.99. The Morgan fingerprint density at radius 2 is 1.24 bits per heavy atom. The van der Waals surface area contributed by atoms with Crippen molar-refractivity contribution in [2.45, 2.75) is 47.6 Å². The van der Waals surface area contributed by atoms with E-state index < -0.39 is 26.8 Å². The largest absolute Gasteiger partial charge is 0.400 e. The zero-order valence-corrected chi connectivity index (χ0v) is 25.8. The van der Waals surface area contributed by atoms with E-state index in [1.54, 1.807) is 30.3 Å². The second kappa shape index (κ2) is 11.5. The van der Waals surface area contributed by atoms with Gasteiger partial charge in [0.2, 0.25) is 5.91 Å². The van der Waals surface area contributed by atoms with E-state index in [0.29, 0.717) is 5.69 Å². The number of fused-ring (bicyclic) bond motifs is 1. The molecule has 0 aromatic heterocycles. The maximum atomic E-state index is 13.4. The van der Waals surface area contributed by atoms with E-state index in [0.717, 1.165) is 32.1 Å². The number of hydrazine groups is 1. The fourth-order valence-electron chi connectivity index (χ4n) is 5.53. The van der Waals surface area contributed by atoms with Crippen LogP contribution in [0.3, 0.4) is 0 Å². The summed E-state index contributed by atoms with van der Waals surface area (Å²) < 4.78 is 7.20. The summed E-state index contributed by atoms with van der Waals surface area (Å²) in [4.78, 5) is 40.1. The molecular weight excluding hydrogens is 540 g/mol. The Morgan fingerprint density at radius 1 is 0.762 bits per heavy atom. The normalized spacial score (nSPS) is 13.8. The minimum absolute atomic E-state index is 0.285. The maximum absolute atomic E-state index is 13.4. The van der Waals surface area contributed by atoms with Gasteiger partial charge in [0.25, 0.3) is 20.9 Å². The van der Waals surface area contributed by atoms with Crippen LogP contribution in [-0.4, -0.2) is 31.8 Å². The quantitative estimate of drug-likeness (QED) is 0.207. The third-order valence-corrected chi connectivity index (χ3v) is 9.75. The topological polar surface area (TPSA) is 66.9 Å². The first-order valence-corrected chi connectivity index (χ1v) is 15.4. The van der Waals surface area contributed by atoms with Crippen LogP contribution in [0.15, 0.2) is 97.1 Å². The number of amides is 3. The van der Waals surface area contributed by atoms with Gasteiger partial charge in [-0.1, -0.05) is 99.6 Å². The highest BCUT2D eigenvalue weighted by molar-refractivity contribution is 6.80. The van der Waals surface area contributed by atoms with Gasteiger partial charge in [-0.25, -0.2) is 5.01 Å². The lowest BCUT2D eigenvalue weighted by atomic mass is 9.81. The molecule has 1 radical (unpaired) electrons. The minimum Gasteiger partial charge on any atom is -0.400 e. The number of hydrogen-bond donors (Lipinski definition) is 0. The monoisotopic (exact) mass is 575 g/mol. The molecule has 1 unspecified atom stereocenters. The highest BCUT2D eigenvalue weighted by Crippen LogP contribution is 2.43. The van der Waals surface area contributed by atoms with Crippen LogP contribution in [0.1, 0.15) is 71.2 Å². The first-order chi connectivity index (χ1) is 20.0. The number of benzene rings is 4. The highest BCUT2D eigenvalue weighted by Gasteiger charge is 2.42. The molecule has 7 heteroatoms. The number of imide groups is 1. The van der Waals surface area contributed by atoms with E-state index in [9.17, 15) is 14.4 Å². The summed E-state index contributed by atoms with van der Waals surface area (Å²) in [6.07, 6.45) is -0.359. The van der Waals surface area contributed by atoms with Crippen molar-refractivity contribution in [3.63, 3.8) is 0 Å². The lowest BCUT2D eigenvalue weighted by molar-refractivity contribution is -0.118. The molecule has 5 rings (SSSR count). The van der Waals surface area contributed by atoms with Gasteiger partial charge in [-0.05, 0) is 64.5 Å². The average Bonchev–Trinajstić information content (AvgIpc) is 3.21. The molecule has 0 saturated carbocycles. The molecule has 1 atom stereocenters. The lowest BCUT2D eigenvalue weighted by Gasteiger charge is -2.38. The van der Waals surface area contributed by atoms with E-state index in [4.69, 9.17) is 4.43 Å². The van der Waals surface area contributed by atoms with Crippen LogP contribution in [0.2, 0.25) is 0 Å². The number of aryl methyl sites for hydroxylation is 1. The zero-order chi connectivity index (χ0) is 30.2. The number of nitrogens with zero attached hydrogens (tertiary/aromatic N) is 2. The SMILES string of the molecule is CC(=O)N(c1ccc(C)c(C(O[Si](c2ccccc2)c2ccccc2)C(C)(C)C)c1C)N1C(=O)c2ccccc2C1=O. The zero-order valence-electron chi connectivity index (χ0n) is 24.8. The van der Waals surface area contributed by atoms with Crippen molar-refractivity contribution in [3.05, 3.63) is 125 Å². The van der Waals surface area contributed by atoms with Gasteiger partial charge in [0, 0.05) is 6.92 Å². The third-order valence-electron chi connectivity index (χ3n) is 7.56. The van der Waals surface area contributed by atoms with Crippen LogP contribution >= 0.6 is 0 Å². The molecule has 213 valence electrons. The molecule has 42 heavy (non-hydrogen) atoms. The van der Waals surface area contributed by atoms with E-state index in [-0.39, 0.29) is 22.6 Å². The summed E-state index contributed by atoms with van der Waals surface area (Å²) in [6, 6.07) is 30.9. The van der Waals surface area contributed by atoms with Gasteiger partial charge in [-0.2, -0.15) is 5.01 Å². The Morgan fingerprint density at radius 3 is 1.69 bits per heavy atom. The molecule has 0 N–H and O–H groups in total. The lowest BCUT2D eigenvalue weighted by Crippen LogP contribution is -2.50. The van der Waals surface area contributed by atoms with Gasteiger partial charge in [0.05, 0.1) is 22.9 Å². The molecular formula is C35H35N2O4Si. The third kappa shape index (κ3) is 5.33. The van der Waals surface area contributed by atoms with Gasteiger partial charge in [-0.3, -0.25) is 14.4 Å². The van der Waals surface area contributed by atoms with Gasteiger partial charge in [-0.15, -0.1) is 0 Å². The predicted octanol–water partition coefficient (Wildman–Crippen LogP) is 5.78. The van der Waals surface area contributed by atoms with Crippen molar-refractivity contribution < 1.29 is 18.8 Å². The molecule has 1 heterocycles. The fraction of sp³-hybridized carbons (Fsp3) is 0.229. The van der Waals surface area contributed by atoms with Crippen molar-refractivity contribution in [3.8, 4) is 0 Å². The van der Waals surface area contributed by atoms with Gasteiger partial charge in [0.15, 0.2) is 0 Å². The smallest absolute Gasteiger partial charge is 0.283 e. The summed E-state index contributed by atoms with van der Waals surface area (Å²) in [7, 11) is -1.68. The highest BCUT2D eigenvalue weighted by atomic mass is 28.3. The van der Waals surface area contributed by atoms with E-state index in [2.05, 4.69) is 45.0 Å². The summed E-state index contributed by atoms with van der Waals surface area (Å²) in [5.74, 6) is -1.47. The molecule has 0 spiro atoms. The van der Waals surface area contributed by atoms with E-state index in [1.807, 2.05) is 56.3 Å². The summed E-state index contributed by atoms with van der Waals surface area (Å²) >= 11 is 0. The number of hydrogen-bond acceptors (Lipinski definition) is 4. The number of carbonyl (C=O) groups excluding carboxylic acids is 3. The Balaban J connectivity index is 1.63. The van der Waals surface area contributed by atoms with Crippen molar-refractivity contribution in [1.29, 1.82) is 0 Å². The summed E-state index contributed by atoms with van der Waals surface area (Å²) in [5, 5.41) is 4.43. The maximum Gasteiger partial charge on any atom is 0.283 e. The molecule has 4 aromatic rings. The van der Waals surface area contributed by atoms with Crippen LogP contribution in [0.5, 0.6) is 0 Å². The molecule has 1 aliphatic rings. The summed E-state index contributed by atoms with van der Waals surface area (Å²) in [5.41, 5.74) is 3.44. The van der Waals surface area contributed by atoms with Crippen molar-refractivity contribution in [2.24, 2.45) is 5.41 Å². The molecule has 1 aliphatic heterocycles. The van der Waals surface area contributed by atoms with Gasteiger partial charge >= 0.3 is 0 Å². The Bertz CT molecular complexity index is 1570. The fourth-order valence-corrected chi connectivity index (χ4v) is 7.83. The van der Waals surface area contributed by atoms with Crippen LogP contribution in [-0.2, 0) is 9.22 Å². The number of carbonyl (C=O) groups is 3. The number of rotatable bonds is 7. The van der Waals surface area contributed by atoms with Crippen LogP contribution in [0.25, 0.3) is 0 Å². The predicted molar refractivity (Wildman–Crippen MR) is 167 cm³/mol. The molecule has 0 saturated heterocycles. The first-order valence-electron chi connectivity index (χ1n) is 14.0. The Hall–Kier alpha value is -4.33. The second-order valence-electron chi connectivity index (χ2n) is 11.7. The van der Waals surface area contributed by atoms with Crippen molar-refractivity contribution in [2.75, 3.05) is 5.01 Å². The molecule has 0 aliphatic carbocycles. The van der Waals surface area contributed by atoms with Crippen LogP contribution in [0.4, 0.5) is 5.69 Å². The average molecular weight is 576 g/mol. The second-order valence-corrected chi connectivity index (χ2v) is 13.7. The van der Waals surface area contributed by atoms with Crippen LogP contribution in [0, 0.1) is 19.3 Å². The molecule has 6 nitrogen and oxygen atoms in total. The Labute approximate surface area is 249 Å². The van der Waals surface area contributed by atoms with E-state index >= 15 is 0 Å². The van der Waals surface area contributed by atoms with E-state index in [1.165, 1.54) is 11.9 Å². The molecule has 0 fully saturated rings. The van der Waals surface area contributed by atoms with Crippen molar-refractivity contribution in [1.82, 2.24) is 5.01 Å². The minimum atomic E-state index is -1.68. The van der Waals surface area contributed by atoms with Crippen molar-refractivity contribution >= 4 is 42.8 Å². The summed E-state index contributed by atoms with van der Waals surface area (Å²) in [6.45, 7) is 11.8. The van der Waals surface area contributed by atoms with Gasteiger partial charge in [0.1, 0.15) is 0 Å².